The Balaban J connectivity index is 0.000000741. The summed E-state index contributed by atoms with van der Waals surface area (Å²) in [6.07, 6.45) is 5.88. The molecule has 1 aromatic carbocycles. The summed E-state index contributed by atoms with van der Waals surface area (Å²) in [5.41, 5.74) is 3.85. The Bertz CT molecular complexity index is 491. The van der Waals surface area contributed by atoms with E-state index in [2.05, 4.69) is 55.5 Å². The standard InChI is InChI=1S/C14H15N.2C2H6/c1-4-5-9-13-11(2)12-8-6-7-10-14(12)15(13)3;2*1-2/h4-10H,1H2,2-3H3;2*1-2H3/b9-5-;;. The van der Waals surface area contributed by atoms with E-state index < -0.39 is 0 Å². The van der Waals surface area contributed by atoms with Gasteiger partial charge in [0.1, 0.15) is 0 Å². The van der Waals surface area contributed by atoms with Crippen LogP contribution in [0.4, 0.5) is 0 Å². The molecule has 0 unspecified atom stereocenters. The van der Waals surface area contributed by atoms with E-state index in [1.165, 1.54) is 22.2 Å². The van der Waals surface area contributed by atoms with Gasteiger partial charge in [-0.2, -0.15) is 0 Å². The number of hydrogen-bond donors (Lipinski definition) is 0. The normalized spacial score (nSPS) is 9.58. The van der Waals surface area contributed by atoms with Gasteiger partial charge in [0.05, 0.1) is 0 Å². The average Bonchev–Trinajstić information content (AvgIpc) is 2.74. The zero-order valence-electron chi connectivity index (χ0n) is 13.2. The molecule has 0 aliphatic carbocycles. The summed E-state index contributed by atoms with van der Waals surface area (Å²) in [5.74, 6) is 0. The van der Waals surface area contributed by atoms with Gasteiger partial charge in [0, 0.05) is 23.6 Å². The first-order valence-corrected chi connectivity index (χ1v) is 7.09. The molecule has 2 aromatic rings. The number of nitrogens with zero attached hydrogens (tertiary/aromatic N) is 1. The highest BCUT2D eigenvalue weighted by Gasteiger charge is 2.07. The topological polar surface area (TPSA) is 4.93 Å². The molecule has 1 nitrogen and oxygen atoms in total. The van der Waals surface area contributed by atoms with Gasteiger partial charge < -0.3 is 4.57 Å². The molecule has 2 rings (SSSR count). The highest BCUT2D eigenvalue weighted by molar-refractivity contribution is 5.87. The van der Waals surface area contributed by atoms with Crippen LogP contribution < -0.4 is 0 Å². The van der Waals surface area contributed by atoms with E-state index in [9.17, 15) is 0 Å². The van der Waals surface area contributed by atoms with Crippen molar-refractivity contribution in [3.63, 3.8) is 0 Å². The molecule has 0 amide bonds. The Morgan fingerprint density at radius 2 is 1.63 bits per heavy atom. The third-order valence-corrected chi connectivity index (χ3v) is 2.81. The van der Waals surface area contributed by atoms with Crippen LogP contribution in [0.5, 0.6) is 0 Å². The third kappa shape index (κ3) is 3.85. The monoisotopic (exact) mass is 257 g/mol. The highest BCUT2D eigenvalue weighted by atomic mass is 14.9. The Morgan fingerprint density at radius 1 is 1.05 bits per heavy atom. The average molecular weight is 257 g/mol. The molecule has 0 radical (unpaired) electrons. The second-order valence-corrected chi connectivity index (χ2v) is 3.68. The summed E-state index contributed by atoms with van der Waals surface area (Å²) in [5, 5.41) is 1.32. The molecule has 0 N–H and O–H groups in total. The van der Waals surface area contributed by atoms with E-state index in [0.29, 0.717) is 0 Å². The zero-order chi connectivity index (χ0) is 14.8. The number of hydrogen-bond acceptors (Lipinski definition) is 0. The van der Waals surface area contributed by atoms with E-state index in [4.69, 9.17) is 0 Å². The molecule has 0 saturated heterocycles. The van der Waals surface area contributed by atoms with Crippen LogP contribution in [0, 0.1) is 6.92 Å². The first kappa shape index (κ1) is 17.2. The van der Waals surface area contributed by atoms with E-state index in [1.54, 1.807) is 6.08 Å². The largest absolute Gasteiger partial charge is 0.344 e. The van der Waals surface area contributed by atoms with Crippen molar-refractivity contribution in [3.05, 3.63) is 54.3 Å². The SMILES string of the molecule is C=C/C=C\c1c(C)c2ccccc2n1C.CC.CC. The predicted octanol–water partition coefficient (Wildman–Crippen LogP) is 5.74. The van der Waals surface area contributed by atoms with E-state index in [0.717, 1.165) is 0 Å². The minimum atomic E-state index is 1.25. The van der Waals surface area contributed by atoms with Crippen molar-refractivity contribution in [1.29, 1.82) is 0 Å². The number of benzene rings is 1. The minimum absolute atomic E-state index is 1.25. The maximum absolute atomic E-state index is 3.69. The quantitative estimate of drug-likeness (QED) is 0.605. The van der Waals surface area contributed by atoms with Crippen LogP contribution in [0.15, 0.2) is 43.0 Å². The lowest BCUT2D eigenvalue weighted by molar-refractivity contribution is 0.949. The van der Waals surface area contributed by atoms with Crippen LogP contribution in [0.3, 0.4) is 0 Å². The molecule has 0 spiro atoms. The van der Waals surface area contributed by atoms with E-state index in [-0.39, 0.29) is 0 Å². The first-order valence-electron chi connectivity index (χ1n) is 7.09. The van der Waals surface area contributed by atoms with E-state index in [1.807, 2.05) is 33.8 Å². The number of aromatic nitrogens is 1. The van der Waals surface area contributed by atoms with Crippen molar-refractivity contribution in [1.82, 2.24) is 4.57 Å². The summed E-state index contributed by atoms with van der Waals surface area (Å²) < 4.78 is 2.21. The number of rotatable bonds is 2. The fourth-order valence-corrected chi connectivity index (χ4v) is 2.00. The summed E-state index contributed by atoms with van der Waals surface area (Å²) in [4.78, 5) is 0. The van der Waals surface area contributed by atoms with Crippen molar-refractivity contribution >= 4 is 17.0 Å². The molecule has 1 heteroatoms. The van der Waals surface area contributed by atoms with Crippen LogP contribution in [0.2, 0.25) is 0 Å². The Morgan fingerprint density at radius 3 is 2.16 bits per heavy atom. The first-order chi connectivity index (χ1) is 9.25. The number of aryl methyl sites for hydroxylation is 2. The lowest BCUT2D eigenvalue weighted by Gasteiger charge is -1.98. The summed E-state index contributed by atoms with van der Waals surface area (Å²) >= 11 is 0. The summed E-state index contributed by atoms with van der Waals surface area (Å²) in [6.45, 7) is 13.9. The van der Waals surface area contributed by atoms with Crippen LogP contribution in [-0.4, -0.2) is 4.57 Å². The molecule has 1 heterocycles. The Labute approximate surface area is 118 Å². The Kier molecular flexibility index (Phi) is 8.35. The second kappa shape index (κ2) is 9.21. The number of para-hydroxylation sites is 1. The van der Waals surface area contributed by atoms with Crippen molar-refractivity contribution in [2.45, 2.75) is 34.6 Å². The van der Waals surface area contributed by atoms with Gasteiger partial charge in [-0.3, -0.25) is 0 Å². The molecule has 0 atom stereocenters. The molecular formula is C18H27N. The second-order valence-electron chi connectivity index (χ2n) is 3.68. The minimum Gasteiger partial charge on any atom is -0.344 e. The fraction of sp³-hybridized carbons (Fsp3) is 0.333. The van der Waals surface area contributed by atoms with Gasteiger partial charge in [0.15, 0.2) is 0 Å². The lowest BCUT2D eigenvalue weighted by Crippen LogP contribution is -1.90. The maximum Gasteiger partial charge on any atom is 0.0485 e. The molecule has 19 heavy (non-hydrogen) atoms. The summed E-state index contributed by atoms with van der Waals surface area (Å²) in [7, 11) is 2.10. The molecule has 0 fully saturated rings. The van der Waals surface area contributed by atoms with Crippen molar-refractivity contribution < 1.29 is 0 Å². The van der Waals surface area contributed by atoms with Gasteiger partial charge in [0.2, 0.25) is 0 Å². The maximum atomic E-state index is 3.69. The summed E-state index contributed by atoms with van der Waals surface area (Å²) in [6, 6.07) is 8.46. The highest BCUT2D eigenvalue weighted by Crippen LogP contribution is 2.25. The van der Waals surface area contributed by atoms with Crippen LogP contribution in [-0.2, 0) is 7.05 Å². The van der Waals surface area contributed by atoms with Gasteiger partial charge in [0.25, 0.3) is 0 Å². The third-order valence-electron chi connectivity index (χ3n) is 2.81. The van der Waals surface area contributed by atoms with Crippen LogP contribution in [0.1, 0.15) is 39.0 Å². The molecule has 0 aliphatic heterocycles. The molecule has 1 aromatic heterocycles. The smallest absolute Gasteiger partial charge is 0.0485 e. The zero-order valence-corrected chi connectivity index (χ0v) is 13.2. The van der Waals surface area contributed by atoms with Crippen molar-refractivity contribution in [2.24, 2.45) is 7.05 Å². The van der Waals surface area contributed by atoms with Crippen molar-refractivity contribution in [2.75, 3.05) is 0 Å². The predicted molar refractivity (Wildman–Crippen MR) is 89.6 cm³/mol. The molecule has 104 valence electrons. The van der Waals surface area contributed by atoms with Crippen LogP contribution in [0.25, 0.3) is 17.0 Å². The molecular weight excluding hydrogens is 230 g/mol. The lowest BCUT2D eigenvalue weighted by atomic mass is 10.1. The molecule has 0 saturated carbocycles. The van der Waals surface area contributed by atoms with Crippen molar-refractivity contribution in [3.8, 4) is 0 Å². The van der Waals surface area contributed by atoms with Crippen LogP contribution >= 0.6 is 0 Å². The van der Waals surface area contributed by atoms with Gasteiger partial charge in [-0.15, -0.1) is 0 Å². The fourth-order valence-electron chi connectivity index (χ4n) is 2.00. The number of allylic oxidation sites excluding steroid dienone is 2. The number of fused-ring (bicyclic) bond motifs is 1. The molecule has 0 aliphatic rings. The van der Waals surface area contributed by atoms with Gasteiger partial charge in [-0.1, -0.05) is 64.6 Å². The van der Waals surface area contributed by atoms with Gasteiger partial charge in [-0.05, 0) is 24.6 Å². The van der Waals surface area contributed by atoms with Gasteiger partial charge >= 0.3 is 0 Å². The van der Waals surface area contributed by atoms with E-state index >= 15 is 0 Å². The molecule has 0 bridgehead atoms. The Hall–Kier alpha value is -1.76. The van der Waals surface area contributed by atoms with Gasteiger partial charge in [-0.25, -0.2) is 0 Å².